The first kappa shape index (κ1) is 24.1. The maximum atomic E-state index is 12.3. The summed E-state index contributed by atoms with van der Waals surface area (Å²) in [6.45, 7) is 4.82. The van der Waals surface area contributed by atoms with E-state index < -0.39 is 0 Å². The van der Waals surface area contributed by atoms with Crippen LogP contribution in [0.3, 0.4) is 0 Å². The van der Waals surface area contributed by atoms with E-state index in [0.29, 0.717) is 16.8 Å². The van der Waals surface area contributed by atoms with Crippen molar-refractivity contribution in [2.45, 2.75) is 31.7 Å². The van der Waals surface area contributed by atoms with Crippen LogP contribution in [0.5, 0.6) is 0 Å². The van der Waals surface area contributed by atoms with E-state index >= 15 is 0 Å². The summed E-state index contributed by atoms with van der Waals surface area (Å²) in [7, 11) is 0. The van der Waals surface area contributed by atoms with E-state index in [0.717, 1.165) is 38.0 Å². The smallest absolute Gasteiger partial charge is 0.279 e. The van der Waals surface area contributed by atoms with Gasteiger partial charge in [-0.3, -0.25) is 25.3 Å². The predicted molar refractivity (Wildman–Crippen MR) is 137 cm³/mol. The first-order valence-corrected chi connectivity index (χ1v) is 12.7. The van der Waals surface area contributed by atoms with Gasteiger partial charge in [0.2, 0.25) is 0 Å². The van der Waals surface area contributed by atoms with Crippen LogP contribution < -0.4 is 16.2 Å². The van der Waals surface area contributed by atoms with E-state index in [4.69, 9.17) is 0 Å². The Bertz CT molecular complexity index is 1030. The van der Waals surface area contributed by atoms with Gasteiger partial charge in [0.1, 0.15) is 0 Å². The average molecular weight is 477 g/mol. The third-order valence-corrected chi connectivity index (χ3v) is 7.23. The Labute approximate surface area is 205 Å². The zero-order valence-corrected chi connectivity index (χ0v) is 20.3. The molecule has 3 aromatic rings. The summed E-state index contributed by atoms with van der Waals surface area (Å²) in [5, 5.41) is 5.60. The van der Waals surface area contributed by atoms with Crippen LogP contribution >= 0.6 is 11.3 Å². The number of nitrogens with zero attached hydrogens (tertiary/aromatic N) is 1. The molecule has 0 aliphatic carbocycles. The number of hydrogen-bond donors (Lipinski definition) is 3. The first-order valence-electron chi connectivity index (χ1n) is 11.8. The molecule has 1 aliphatic heterocycles. The Hall–Kier alpha value is -3.00. The number of carbonyl (C=O) groups is 2. The van der Waals surface area contributed by atoms with Crippen molar-refractivity contribution in [3.05, 3.63) is 93.7 Å². The molecule has 1 saturated heterocycles. The summed E-state index contributed by atoms with van der Waals surface area (Å²) >= 11 is 1.37. The molecule has 1 unspecified atom stereocenters. The minimum atomic E-state index is -0.279. The Morgan fingerprint density at radius 3 is 2.32 bits per heavy atom. The summed E-state index contributed by atoms with van der Waals surface area (Å²) in [5.74, 6) is -0.122. The highest BCUT2D eigenvalue weighted by Gasteiger charge is 2.24. The van der Waals surface area contributed by atoms with Crippen molar-refractivity contribution in [3.63, 3.8) is 0 Å². The molecule has 0 spiro atoms. The number of aryl methyl sites for hydroxylation is 1. The molecule has 34 heavy (non-hydrogen) atoms. The molecule has 1 atom stereocenters. The van der Waals surface area contributed by atoms with Gasteiger partial charge in [0.25, 0.3) is 11.8 Å². The van der Waals surface area contributed by atoms with E-state index in [9.17, 15) is 9.59 Å². The van der Waals surface area contributed by atoms with Gasteiger partial charge in [0.15, 0.2) is 0 Å². The number of thiophene rings is 1. The van der Waals surface area contributed by atoms with Gasteiger partial charge >= 0.3 is 0 Å². The highest BCUT2D eigenvalue weighted by atomic mass is 32.1. The SMILES string of the molecule is Cc1csc(C(=O)NNC(=O)CN2CCC(NCCC(c3ccccc3)c3ccccc3)C2)c1. The quantitative estimate of drug-likeness (QED) is 0.412. The maximum absolute atomic E-state index is 12.3. The highest BCUT2D eigenvalue weighted by molar-refractivity contribution is 7.12. The zero-order valence-electron chi connectivity index (χ0n) is 19.5. The molecule has 2 heterocycles. The van der Waals surface area contributed by atoms with Crippen LogP contribution in [0.15, 0.2) is 72.1 Å². The standard InChI is InChI=1S/C27H32N4O2S/c1-20-16-25(34-19-20)27(33)30-29-26(32)18-31-15-13-23(17-31)28-14-12-24(21-8-4-2-5-9-21)22-10-6-3-7-11-22/h2-11,16,19,23-24,28H,12-15,17-18H2,1H3,(H,29,32)(H,30,33). The minimum Gasteiger partial charge on any atom is -0.313 e. The lowest BCUT2D eigenvalue weighted by Crippen LogP contribution is -2.46. The van der Waals surface area contributed by atoms with E-state index in [-0.39, 0.29) is 18.4 Å². The number of carbonyl (C=O) groups excluding carboxylic acids is 2. The summed E-state index contributed by atoms with van der Waals surface area (Å²) in [5.41, 5.74) is 8.74. The number of benzene rings is 2. The second kappa shape index (κ2) is 11.9. The van der Waals surface area contributed by atoms with Gasteiger partial charge in [-0.2, -0.15) is 0 Å². The molecule has 4 rings (SSSR count). The Kier molecular flexibility index (Phi) is 8.46. The Morgan fingerprint density at radius 2 is 1.71 bits per heavy atom. The lowest BCUT2D eigenvalue weighted by molar-refractivity contribution is -0.122. The maximum Gasteiger partial charge on any atom is 0.279 e. The Balaban J connectivity index is 1.20. The number of nitrogens with one attached hydrogen (secondary N) is 3. The monoisotopic (exact) mass is 476 g/mol. The molecule has 1 aliphatic rings. The van der Waals surface area contributed by atoms with Crippen LogP contribution in [0.1, 0.15) is 45.1 Å². The van der Waals surface area contributed by atoms with Crippen molar-refractivity contribution in [1.82, 2.24) is 21.1 Å². The van der Waals surface area contributed by atoms with Crippen LogP contribution in [0.4, 0.5) is 0 Å². The summed E-state index contributed by atoms with van der Waals surface area (Å²) in [6.07, 6.45) is 2.02. The van der Waals surface area contributed by atoms with Gasteiger partial charge in [-0.1, -0.05) is 60.7 Å². The first-order chi connectivity index (χ1) is 16.6. The molecule has 0 bridgehead atoms. The summed E-state index contributed by atoms with van der Waals surface area (Å²) in [4.78, 5) is 27.1. The molecule has 178 valence electrons. The second-order valence-electron chi connectivity index (χ2n) is 8.83. The van der Waals surface area contributed by atoms with E-state index in [2.05, 4.69) is 81.7 Å². The van der Waals surface area contributed by atoms with Crippen molar-refractivity contribution in [2.24, 2.45) is 0 Å². The molecule has 0 saturated carbocycles. The topological polar surface area (TPSA) is 73.5 Å². The van der Waals surface area contributed by atoms with Gasteiger partial charge in [0, 0.05) is 25.0 Å². The molecule has 1 aromatic heterocycles. The fourth-order valence-electron chi connectivity index (χ4n) is 4.45. The molecule has 6 nitrogen and oxygen atoms in total. The fraction of sp³-hybridized carbons (Fsp3) is 0.333. The molecule has 1 fully saturated rings. The zero-order chi connectivity index (χ0) is 23.8. The van der Waals surface area contributed by atoms with E-state index in [1.807, 2.05) is 18.4 Å². The lowest BCUT2D eigenvalue weighted by Gasteiger charge is -2.20. The summed E-state index contributed by atoms with van der Waals surface area (Å²) in [6, 6.07) is 23.5. The van der Waals surface area contributed by atoms with Gasteiger partial charge < -0.3 is 5.32 Å². The number of likely N-dealkylation sites (tertiary alicyclic amines) is 1. The molecular weight excluding hydrogens is 444 g/mol. The van der Waals surface area contributed by atoms with E-state index in [1.165, 1.54) is 22.5 Å². The van der Waals surface area contributed by atoms with Gasteiger partial charge in [-0.15, -0.1) is 11.3 Å². The van der Waals surface area contributed by atoms with Crippen LogP contribution in [0, 0.1) is 6.92 Å². The van der Waals surface area contributed by atoms with Crippen LogP contribution in [-0.2, 0) is 4.79 Å². The normalized spacial score (nSPS) is 16.0. The van der Waals surface area contributed by atoms with E-state index in [1.54, 1.807) is 0 Å². The van der Waals surface area contributed by atoms with Gasteiger partial charge in [-0.25, -0.2) is 0 Å². The number of rotatable bonds is 9. The molecule has 2 amide bonds. The van der Waals surface area contributed by atoms with Gasteiger partial charge in [-0.05, 0) is 54.4 Å². The Morgan fingerprint density at radius 1 is 1.03 bits per heavy atom. The van der Waals surface area contributed by atoms with Crippen molar-refractivity contribution in [3.8, 4) is 0 Å². The molecule has 0 radical (unpaired) electrons. The van der Waals surface area contributed by atoms with Gasteiger partial charge in [0.05, 0.1) is 11.4 Å². The highest BCUT2D eigenvalue weighted by Crippen LogP contribution is 2.27. The fourth-order valence-corrected chi connectivity index (χ4v) is 5.25. The molecule has 3 N–H and O–H groups in total. The number of hydrazine groups is 1. The number of amides is 2. The largest absolute Gasteiger partial charge is 0.313 e. The molecular formula is C27H32N4O2S. The van der Waals surface area contributed by atoms with Crippen LogP contribution in [0.2, 0.25) is 0 Å². The molecule has 2 aromatic carbocycles. The summed E-state index contributed by atoms with van der Waals surface area (Å²) < 4.78 is 0. The number of hydrogen-bond acceptors (Lipinski definition) is 5. The van der Waals surface area contributed by atoms with Crippen LogP contribution in [0.25, 0.3) is 0 Å². The van der Waals surface area contributed by atoms with Crippen LogP contribution in [-0.4, -0.2) is 48.9 Å². The predicted octanol–water partition coefficient (Wildman–Crippen LogP) is 3.70. The minimum absolute atomic E-state index is 0.199. The third kappa shape index (κ3) is 6.76. The van der Waals surface area contributed by atoms with Crippen molar-refractivity contribution in [1.29, 1.82) is 0 Å². The second-order valence-corrected chi connectivity index (χ2v) is 9.74. The van der Waals surface area contributed by atoms with Crippen molar-refractivity contribution >= 4 is 23.2 Å². The lowest BCUT2D eigenvalue weighted by atomic mass is 9.88. The molecule has 7 heteroatoms. The van der Waals surface area contributed by atoms with Crippen molar-refractivity contribution < 1.29 is 9.59 Å². The average Bonchev–Trinajstić information content (AvgIpc) is 3.50. The van der Waals surface area contributed by atoms with Crippen molar-refractivity contribution in [2.75, 3.05) is 26.2 Å². The third-order valence-electron chi connectivity index (χ3n) is 6.18.